The van der Waals surface area contributed by atoms with Crippen molar-refractivity contribution < 1.29 is 14.0 Å². The minimum Gasteiger partial charge on any atom is -0.352 e. The second-order valence-corrected chi connectivity index (χ2v) is 9.84. The number of thiophene rings is 1. The number of anilines is 1. The standard InChI is InChI=1S/C23H29FN2O2S/c1-5-12-25-21(28)19-17-11-8-15(23(2,3)4)13-18(17)29-22(19)26-20(27)14-6-9-16(24)10-7-14/h6-7,9-10,15H,5,8,11-13H2,1-4H3,(H,25,28)(H,26,27). The Balaban J connectivity index is 1.92. The molecule has 4 nitrogen and oxygen atoms in total. The molecule has 0 fully saturated rings. The highest BCUT2D eigenvalue weighted by Crippen LogP contribution is 2.44. The Morgan fingerprint density at radius 2 is 1.86 bits per heavy atom. The van der Waals surface area contributed by atoms with E-state index >= 15 is 0 Å². The molecule has 1 aromatic heterocycles. The molecule has 3 rings (SSSR count). The maximum Gasteiger partial charge on any atom is 0.256 e. The van der Waals surface area contributed by atoms with Crippen LogP contribution in [0, 0.1) is 17.2 Å². The lowest BCUT2D eigenvalue weighted by atomic mass is 9.72. The molecule has 1 aromatic carbocycles. The molecule has 1 aliphatic rings. The first kappa shape index (κ1) is 21.5. The van der Waals surface area contributed by atoms with Crippen molar-refractivity contribution >= 4 is 28.2 Å². The number of hydrogen-bond donors (Lipinski definition) is 2. The molecule has 2 N–H and O–H groups in total. The summed E-state index contributed by atoms with van der Waals surface area (Å²) in [5, 5.41) is 6.46. The summed E-state index contributed by atoms with van der Waals surface area (Å²) < 4.78 is 13.2. The van der Waals surface area contributed by atoms with Gasteiger partial charge in [0.1, 0.15) is 10.8 Å². The number of halogens is 1. The van der Waals surface area contributed by atoms with Crippen molar-refractivity contribution in [2.24, 2.45) is 11.3 Å². The molecule has 1 unspecified atom stereocenters. The van der Waals surface area contributed by atoms with Crippen molar-refractivity contribution in [1.29, 1.82) is 0 Å². The highest BCUT2D eigenvalue weighted by molar-refractivity contribution is 7.17. The Bertz CT molecular complexity index is 897. The van der Waals surface area contributed by atoms with Crippen LogP contribution in [0.3, 0.4) is 0 Å². The summed E-state index contributed by atoms with van der Waals surface area (Å²) in [5.41, 5.74) is 2.23. The molecule has 0 bridgehead atoms. The zero-order chi connectivity index (χ0) is 21.2. The summed E-state index contributed by atoms with van der Waals surface area (Å²) >= 11 is 1.50. The predicted octanol–water partition coefficient (Wildman–Crippen LogP) is 5.43. The first-order valence-corrected chi connectivity index (χ1v) is 11.0. The SMILES string of the molecule is CCCNC(=O)c1c(NC(=O)c2ccc(F)cc2)sc2c1CCC(C(C)(C)C)C2. The van der Waals surface area contributed by atoms with Crippen LogP contribution >= 0.6 is 11.3 Å². The van der Waals surface area contributed by atoms with Crippen molar-refractivity contribution in [2.45, 2.75) is 53.4 Å². The highest BCUT2D eigenvalue weighted by atomic mass is 32.1. The average molecular weight is 417 g/mol. The molecule has 29 heavy (non-hydrogen) atoms. The average Bonchev–Trinajstić information content (AvgIpc) is 3.02. The summed E-state index contributed by atoms with van der Waals surface area (Å²) in [6.07, 6.45) is 3.65. The Morgan fingerprint density at radius 1 is 1.17 bits per heavy atom. The van der Waals surface area contributed by atoms with E-state index in [1.807, 2.05) is 6.92 Å². The summed E-state index contributed by atoms with van der Waals surface area (Å²) in [7, 11) is 0. The fourth-order valence-electron chi connectivity index (χ4n) is 3.76. The summed E-state index contributed by atoms with van der Waals surface area (Å²) in [6, 6.07) is 5.42. The van der Waals surface area contributed by atoms with Gasteiger partial charge in [0.25, 0.3) is 11.8 Å². The van der Waals surface area contributed by atoms with Crippen LogP contribution in [0.25, 0.3) is 0 Å². The summed E-state index contributed by atoms with van der Waals surface area (Å²) in [4.78, 5) is 26.8. The van der Waals surface area contributed by atoms with Crippen molar-refractivity contribution in [3.8, 4) is 0 Å². The summed E-state index contributed by atoms with van der Waals surface area (Å²) in [5.74, 6) is -0.310. The number of amides is 2. The molecule has 2 amide bonds. The maximum atomic E-state index is 13.2. The Labute approximate surface area is 175 Å². The van der Waals surface area contributed by atoms with E-state index in [2.05, 4.69) is 31.4 Å². The van der Waals surface area contributed by atoms with Crippen molar-refractivity contribution in [3.63, 3.8) is 0 Å². The molecule has 0 saturated carbocycles. The van der Waals surface area contributed by atoms with Gasteiger partial charge in [0.2, 0.25) is 0 Å². The highest BCUT2D eigenvalue weighted by Gasteiger charge is 2.34. The lowest BCUT2D eigenvalue weighted by Gasteiger charge is -2.33. The van der Waals surface area contributed by atoms with E-state index < -0.39 is 0 Å². The molecule has 0 spiro atoms. The number of carbonyl (C=O) groups excluding carboxylic acids is 2. The van der Waals surface area contributed by atoms with Crippen LogP contribution in [-0.2, 0) is 12.8 Å². The Hall–Kier alpha value is -2.21. The van der Waals surface area contributed by atoms with Crippen molar-refractivity contribution in [2.75, 3.05) is 11.9 Å². The third-order valence-corrected chi connectivity index (χ3v) is 6.76. The van der Waals surface area contributed by atoms with Gasteiger partial charge in [0.05, 0.1) is 5.56 Å². The van der Waals surface area contributed by atoms with Gasteiger partial charge < -0.3 is 10.6 Å². The third-order valence-electron chi connectivity index (χ3n) is 5.59. The number of benzene rings is 1. The van der Waals surface area contributed by atoms with Crippen molar-refractivity contribution in [1.82, 2.24) is 5.32 Å². The molecule has 0 saturated heterocycles. The van der Waals surface area contributed by atoms with Crippen molar-refractivity contribution in [3.05, 3.63) is 51.7 Å². The minimum atomic E-state index is -0.388. The molecule has 156 valence electrons. The van der Waals surface area contributed by atoms with Crippen LogP contribution in [0.4, 0.5) is 9.39 Å². The Morgan fingerprint density at radius 3 is 2.48 bits per heavy atom. The third kappa shape index (κ3) is 4.86. The number of hydrogen-bond acceptors (Lipinski definition) is 3. The monoisotopic (exact) mass is 416 g/mol. The van der Waals surface area contributed by atoms with Crippen LogP contribution in [-0.4, -0.2) is 18.4 Å². The molecular weight excluding hydrogens is 387 g/mol. The largest absolute Gasteiger partial charge is 0.352 e. The van der Waals surface area contributed by atoms with Gasteiger partial charge in [-0.2, -0.15) is 0 Å². The zero-order valence-corrected chi connectivity index (χ0v) is 18.3. The lowest BCUT2D eigenvalue weighted by molar-refractivity contribution is 0.0953. The van der Waals surface area contributed by atoms with E-state index in [1.54, 1.807) is 0 Å². The summed E-state index contributed by atoms with van der Waals surface area (Å²) in [6.45, 7) is 9.36. The van der Waals surface area contributed by atoms with Crippen LogP contribution in [0.1, 0.15) is 71.7 Å². The van der Waals surface area contributed by atoms with E-state index in [0.717, 1.165) is 31.2 Å². The van der Waals surface area contributed by atoms with E-state index in [-0.39, 0.29) is 23.0 Å². The smallest absolute Gasteiger partial charge is 0.256 e. The minimum absolute atomic E-state index is 0.132. The zero-order valence-electron chi connectivity index (χ0n) is 17.5. The van der Waals surface area contributed by atoms with Gasteiger partial charge >= 0.3 is 0 Å². The number of carbonyl (C=O) groups is 2. The first-order chi connectivity index (χ1) is 13.7. The molecule has 1 atom stereocenters. The van der Waals surface area contributed by atoms with Gasteiger partial charge in [-0.25, -0.2) is 4.39 Å². The van der Waals surface area contributed by atoms with Crippen LogP contribution in [0.2, 0.25) is 0 Å². The lowest BCUT2D eigenvalue weighted by Crippen LogP contribution is -2.29. The van der Waals surface area contributed by atoms with Gasteiger partial charge in [-0.3, -0.25) is 9.59 Å². The number of rotatable bonds is 5. The predicted molar refractivity (Wildman–Crippen MR) is 116 cm³/mol. The molecule has 6 heteroatoms. The van der Waals surface area contributed by atoms with Gasteiger partial charge in [0, 0.05) is 17.0 Å². The van der Waals surface area contributed by atoms with Gasteiger partial charge in [-0.05, 0) is 66.8 Å². The number of fused-ring (bicyclic) bond motifs is 1. The van der Waals surface area contributed by atoms with Crippen LogP contribution < -0.4 is 10.6 Å². The van der Waals surface area contributed by atoms with E-state index in [1.165, 1.54) is 40.5 Å². The van der Waals surface area contributed by atoms with Crippen LogP contribution in [0.15, 0.2) is 24.3 Å². The molecule has 0 aliphatic heterocycles. The van der Waals surface area contributed by atoms with Gasteiger partial charge in [-0.15, -0.1) is 11.3 Å². The molecule has 1 aliphatic carbocycles. The molecule has 2 aromatic rings. The first-order valence-electron chi connectivity index (χ1n) is 10.2. The number of nitrogens with one attached hydrogen (secondary N) is 2. The van der Waals surface area contributed by atoms with Gasteiger partial charge in [0.15, 0.2) is 0 Å². The van der Waals surface area contributed by atoms with E-state index in [4.69, 9.17) is 0 Å². The topological polar surface area (TPSA) is 58.2 Å². The van der Waals surface area contributed by atoms with Crippen LogP contribution in [0.5, 0.6) is 0 Å². The van der Waals surface area contributed by atoms with E-state index in [0.29, 0.717) is 28.6 Å². The molecule has 1 heterocycles. The Kier molecular flexibility index (Phi) is 6.42. The van der Waals surface area contributed by atoms with E-state index in [9.17, 15) is 14.0 Å². The van der Waals surface area contributed by atoms with Gasteiger partial charge in [-0.1, -0.05) is 27.7 Å². The second-order valence-electron chi connectivity index (χ2n) is 8.73. The normalized spacial score (nSPS) is 16.2. The quantitative estimate of drug-likeness (QED) is 0.683. The fourth-order valence-corrected chi connectivity index (χ4v) is 5.08. The molecule has 0 radical (unpaired) electrons. The molecular formula is C23H29FN2O2S. The fraction of sp³-hybridized carbons (Fsp3) is 0.478. The second kappa shape index (κ2) is 8.66. The maximum absolute atomic E-state index is 13.2.